The number of nitrogens with one attached hydrogen (secondary N) is 1. The topological polar surface area (TPSA) is 15.3 Å². The molecule has 114 valence electrons. The van der Waals surface area contributed by atoms with Crippen molar-refractivity contribution >= 4 is 0 Å². The molecule has 0 bridgehead atoms. The molecule has 21 heavy (non-hydrogen) atoms. The second-order valence-corrected chi connectivity index (χ2v) is 7.34. The molecule has 2 aliphatic carbocycles. The summed E-state index contributed by atoms with van der Waals surface area (Å²) in [5.41, 5.74) is 3.75. The zero-order valence-corrected chi connectivity index (χ0v) is 13.1. The van der Waals surface area contributed by atoms with Crippen LogP contribution in [0.4, 0.5) is 0 Å². The van der Waals surface area contributed by atoms with Crippen molar-refractivity contribution in [2.24, 2.45) is 0 Å². The molecule has 0 amide bonds. The molecule has 1 atom stereocenters. The highest BCUT2D eigenvalue weighted by Gasteiger charge is 2.42. The second kappa shape index (κ2) is 5.73. The van der Waals surface area contributed by atoms with Gasteiger partial charge < -0.3 is 5.32 Å². The van der Waals surface area contributed by atoms with Gasteiger partial charge in [0.15, 0.2) is 0 Å². The Balaban J connectivity index is 1.55. The van der Waals surface area contributed by atoms with Gasteiger partial charge in [-0.3, -0.25) is 4.90 Å². The number of aryl methyl sites for hydroxylation is 1. The summed E-state index contributed by atoms with van der Waals surface area (Å²) >= 11 is 0. The van der Waals surface area contributed by atoms with Crippen LogP contribution in [0.25, 0.3) is 0 Å². The number of hydrogen-bond donors (Lipinski definition) is 1. The number of rotatable bonds is 2. The molecule has 1 heterocycles. The Kier molecular flexibility index (Phi) is 3.76. The van der Waals surface area contributed by atoms with E-state index < -0.39 is 0 Å². The van der Waals surface area contributed by atoms with Crippen molar-refractivity contribution in [3.63, 3.8) is 0 Å². The molecule has 3 aliphatic rings. The Bertz CT molecular complexity index is 490. The van der Waals surface area contributed by atoms with Gasteiger partial charge in [-0.05, 0) is 49.1 Å². The first-order valence-corrected chi connectivity index (χ1v) is 8.91. The lowest BCUT2D eigenvalue weighted by Crippen LogP contribution is -2.60. The molecule has 0 aromatic heterocycles. The minimum absolute atomic E-state index is 0.491. The van der Waals surface area contributed by atoms with Gasteiger partial charge in [-0.15, -0.1) is 0 Å². The van der Waals surface area contributed by atoms with E-state index in [4.69, 9.17) is 0 Å². The molecular formula is C19H28N2. The smallest absolute Gasteiger partial charge is 0.0334 e. The molecule has 2 heteroatoms. The summed E-state index contributed by atoms with van der Waals surface area (Å²) in [6, 6.07) is 9.19. The highest BCUT2D eigenvalue weighted by Crippen LogP contribution is 2.39. The minimum atomic E-state index is 0.491. The van der Waals surface area contributed by atoms with E-state index in [1.165, 1.54) is 71.1 Å². The molecule has 2 nitrogen and oxygen atoms in total. The molecule has 0 radical (unpaired) electrons. The first-order valence-electron chi connectivity index (χ1n) is 8.91. The highest BCUT2D eigenvalue weighted by molar-refractivity contribution is 5.33. The van der Waals surface area contributed by atoms with Gasteiger partial charge in [0.05, 0.1) is 0 Å². The predicted octanol–water partition coefficient (Wildman–Crippen LogP) is 3.32. The molecule has 1 aromatic rings. The summed E-state index contributed by atoms with van der Waals surface area (Å²) in [7, 11) is 0. The van der Waals surface area contributed by atoms with Crippen LogP contribution in [-0.4, -0.2) is 36.6 Å². The molecular weight excluding hydrogens is 256 g/mol. The van der Waals surface area contributed by atoms with E-state index in [9.17, 15) is 0 Å². The molecule has 2 fully saturated rings. The van der Waals surface area contributed by atoms with Crippen molar-refractivity contribution in [2.45, 2.75) is 56.4 Å². The molecule has 1 saturated carbocycles. The Labute approximate surface area is 128 Å². The van der Waals surface area contributed by atoms with Crippen LogP contribution in [-0.2, 0) is 6.42 Å². The summed E-state index contributed by atoms with van der Waals surface area (Å²) in [5, 5.41) is 3.66. The first kappa shape index (κ1) is 13.8. The fraction of sp³-hybridized carbons (Fsp3) is 0.684. The van der Waals surface area contributed by atoms with E-state index in [1.807, 2.05) is 0 Å². The third-order valence-corrected chi connectivity index (χ3v) is 6.15. The van der Waals surface area contributed by atoms with Crippen molar-refractivity contribution in [2.75, 3.05) is 26.2 Å². The number of hydrogen-bond acceptors (Lipinski definition) is 2. The number of piperazine rings is 1. The second-order valence-electron chi connectivity index (χ2n) is 7.34. The van der Waals surface area contributed by atoms with Gasteiger partial charge in [-0.1, -0.05) is 37.1 Å². The van der Waals surface area contributed by atoms with E-state index in [1.54, 1.807) is 11.1 Å². The quantitative estimate of drug-likeness (QED) is 0.896. The van der Waals surface area contributed by atoms with Crippen LogP contribution in [0.3, 0.4) is 0 Å². The fourth-order valence-electron chi connectivity index (χ4n) is 5.01. The standard InChI is InChI=1S/C19H28N2/c1-2-9-18-16(6-1)7-5-8-17(18)14-21-13-12-20-15-19(21)10-3-4-11-19/h1-2,6,9,17,20H,3-5,7-8,10-15H2. The van der Waals surface area contributed by atoms with Gasteiger partial charge in [-0.25, -0.2) is 0 Å². The van der Waals surface area contributed by atoms with Gasteiger partial charge in [0.1, 0.15) is 0 Å². The van der Waals surface area contributed by atoms with Crippen LogP contribution < -0.4 is 5.32 Å². The lowest BCUT2D eigenvalue weighted by atomic mass is 9.81. The maximum Gasteiger partial charge on any atom is 0.0334 e. The van der Waals surface area contributed by atoms with Crippen molar-refractivity contribution in [1.29, 1.82) is 0 Å². The molecule has 1 saturated heterocycles. The van der Waals surface area contributed by atoms with E-state index >= 15 is 0 Å². The lowest BCUT2D eigenvalue weighted by Gasteiger charge is -2.47. The average molecular weight is 284 g/mol. The van der Waals surface area contributed by atoms with Gasteiger partial charge in [0.25, 0.3) is 0 Å². The largest absolute Gasteiger partial charge is 0.314 e. The summed E-state index contributed by atoms with van der Waals surface area (Å²) in [6.45, 7) is 4.94. The molecule has 1 unspecified atom stereocenters. The van der Waals surface area contributed by atoms with Crippen LogP contribution in [0.1, 0.15) is 55.6 Å². The summed E-state index contributed by atoms with van der Waals surface area (Å²) in [4.78, 5) is 2.86. The lowest BCUT2D eigenvalue weighted by molar-refractivity contribution is 0.0567. The van der Waals surface area contributed by atoms with Crippen LogP contribution in [0.5, 0.6) is 0 Å². The zero-order chi connectivity index (χ0) is 14.1. The van der Waals surface area contributed by atoms with Crippen LogP contribution in [0, 0.1) is 0 Å². The average Bonchev–Trinajstić information content (AvgIpc) is 2.99. The third kappa shape index (κ3) is 2.53. The van der Waals surface area contributed by atoms with E-state index in [2.05, 4.69) is 34.5 Å². The summed E-state index contributed by atoms with van der Waals surface area (Å²) in [6.07, 6.45) is 9.73. The predicted molar refractivity (Wildman–Crippen MR) is 87.8 cm³/mol. The van der Waals surface area contributed by atoms with E-state index in [-0.39, 0.29) is 0 Å². The van der Waals surface area contributed by atoms with Gasteiger partial charge in [0, 0.05) is 31.7 Å². The van der Waals surface area contributed by atoms with Crippen molar-refractivity contribution in [3.05, 3.63) is 35.4 Å². The third-order valence-electron chi connectivity index (χ3n) is 6.15. The maximum absolute atomic E-state index is 3.66. The molecule has 1 N–H and O–H groups in total. The highest BCUT2D eigenvalue weighted by atomic mass is 15.3. The number of fused-ring (bicyclic) bond motifs is 1. The van der Waals surface area contributed by atoms with Crippen molar-refractivity contribution in [3.8, 4) is 0 Å². The molecule has 1 aliphatic heterocycles. The van der Waals surface area contributed by atoms with Crippen LogP contribution in [0.15, 0.2) is 24.3 Å². The Morgan fingerprint density at radius 3 is 2.90 bits per heavy atom. The molecule has 1 aromatic carbocycles. The van der Waals surface area contributed by atoms with Gasteiger partial charge in [-0.2, -0.15) is 0 Å². The zero-order valence-electron chi connectivity index (χ0n) is 13.1. The van der Waals surface area contributed by atoms with Crippen molar-refractivity contribution in [1.82, 2.24) is 10.2 Å². The molecule has 1 spiro atoms. The first-order chi connectivity index (χ1) is 10.4. The molecule has 4 rings (SSSR count). The van der Waals surface area contributed by atoms with Crippen LogP contribution in [0.2, 0.25) is 0 Å². The van der Waals surface area contributed by atoms with E-state index in [0.717, 1.165) is 5.92 Å². The summed E-state index contributed by atoms with van der Waals surface area (Å²) < 4.78 is 0. The number of nitrogens with zero attached hydrogens (tertiary/aromatic N) is 1. The Morgan fingerprint density at radius 2 is 2.00 bits per heavy atom. The van der Waals surface area contributed by atoms with Gasteiger partial charge in [0.2, 0.25) is 0 Å². The number of benzene rings is 1. The fourth-order valence-corrected chi connectivity index (χ4v) is 5.01. The maximum atomic E-state index is 3.66. The normalized spacial score (nSPS) is 28.7. The Morgan fingerprint density at radius 1 is 1.14 bits per heavy atom. The van der Waals surface area contributed by atoms with Crippen LogP contribution >= 0.6 is 0 Å². The van der Waals surface area contributed by atoms with E-state index in [0.29, 0.717) is 5.54 Å². The van der Waals surface area contributed by atoms with Crippen molar-refractivity contribution < 1.29 is 0 Å². The monoisotopic (exact) mass is 284 g/mol. The Hall–Kier alpha value is -0.860. The van der Waals surface area contributed by atoms with Gasteiger partial charge >= 0.3 is 0 Å². The summed E-state index contributed by atoms with van der Waals surface area (Å²) in [5.74, 6) is 0.769. The minimum Gasteiger partial charge on any atom is -0.314 e. The SMILES string of the molecule is c1ccc2c(c1)CCCC2CN1CCNCC12CCCC2.